The number of rotatable bonds is 7. The van der Waals surface area contributed by atoms with Crippen molar-refractivity contribution in [3.8, 4) is 0 Å². The third-order valence-corrected chi connectivity index (χ3v) is 16.0. The van der Waals surface area contributed by atoms with Crippen LogP contribution < -0.4 is 0 Å². The molecule has 0 unspecified atom stereocenters. The average Bonchev–Trinajstić information content (AvgIpc) is 3.67. The van der Waals surface area contributed by atoms with E-state index in [2.05, 4.69) is 20.4 Å². The van der Waals surface area contributed by atoms with E-state index in [9.17, 15) is 30.6 Å². The van der Waals surface area contributed by atoms with Gasteiger partial charge in [-0.3, -0.25) is 0 Å². The van der Waals surface area contributed by atoms with Crippen molar-refractivity contribution >= 4 is 0 Å². The molecule has 0 amide bonds. The quantitative estimate of drug-likeness (QED) is 0.207. The number of aliphatic hydroxyl groups excluding tert-OH is 5. The standard InChI is InChI=1S/C42H66O13/c1-20-13-24(19-49-20)27-10-12-42(48)28-8-7-25-14-26(9-11-40(25,5)29(28)15-33(46)41(27,42)6)53-34-17-31(44)38(22(3)51-34)55-36-18-32(45)39(23(4)52-36)54-35-16-30(43)37(47)21(2)50-35/h13,21-23,25-39,43-48H,1,7-12,14-19H2,2-6H3/t21-,22-,23-,25-,26+,27-,28-,29+,30+,31+,32+,33-,34+,35+,36+,37-,38-,39-,40+,41+,42+/m1/s1. The van der Waals surface area contributed by atoms with Gasteiger partial charge in [-0.05, 0) is 113 Å². The van der Waals surface area contributed by atoms with Gasteiger partial charge in [0.15, 0.2) is 18.9 Å². The van der Waals surface area contributed by atoms with E-state index in [0.717, 1.165) is 44.1 Å². The SMILES string of the molecule is C=C1C=C([C@H]2CC[C@]3(O)[C@@H]4CC[C@@H]5C[C@@H](O[C@H]6C[C@H](O)[C@H](O[C@H]7C[C@H](O)[C@H](O[C@H]8C[C@H](O)[C@H](O)[C@@H](C)O8)[C@@H](C)O7)[C@@H](C)O6)CC[C@]5(C)[C@H]4C[C@@H](O)[C@]23C)CO1. The van der Waals surface area contributed by atoms with Crippen molar-refractivity contribution in [2.45, 2.75) is 197 Å². The Hall–Kier alpha value is -1.20. The van der Waals surface area contributed by atoms with Crippen LogP contribution in [0.4, 0.5) is 0 Å². The predicted octanol–water partition coefficient (Wildman–Crippen LogP) is 3.21. The van der Waals surface area contributed by atoms with E-state index in [1.807, 2.05) is 13.0 Å². The molecule has 4 heterocycles. The molecule has 0 bridgehead atoms. The van der Waals surface area contributed by atoms with Gasteiger partial charge in [0.05, 0.1) is 54.4 Å². The Kier molecular flexibility index (Phi) is 11.2. The van der Waals surface area contributed by atoms with Crippen LogP contribution in [0.3, 0.4) is 0 Å². The molecule has 13 nitrogen and oxygen atoms in total. The number of fused-ring (bicyclic) bond motifs is 5. The molecule has 0 aromatic rings. The van der Waals surface area contributed by atoms with Crippen LogP contribution in [0.15, 0.2) is 24.0 Å². The molecule has 0 spiro atoms. The smallest absolute Gasteiger partial charge is 0.161 e. The normalized spacial score (nSPS) is 55.5. The minimum atomic E-state index is -0.999. The first-order valence-corrected chi connectivity index (χ1v) is 21.1. The zero-order chi connectivity index (χ0) is 39.2. The Labute approximate surface area is 325 Å². The number of hydrogen-bond donors (Lipinski definition) is 6. The fourth-order valence-corrected chi connectivity index (χ4v) is 12.8. The molecule has 7 fully saturated rings. The Bertz CT molecular complexity index is 1410. The van der Waals surface area contributed by atoms with E-state index in [4.69, 9.17) is 33.2 Å². The number of aliphatic hydroxyl groups is 6. The predicted molar refractivity (Wildman–Crippen MR) is 197 cm³/mol. The summed E-state index contributed by atoms with van der Waals surface area (Å²) in [5.74, 6) is 1.51. The second-order valence-electron chi connectivity index (χ2n) is 19.0. The highest BCUT2D eigenvalue weighted by molar-refractivity contribution is 5.32. The lowest BCUT2D eigenvalue weighted by atomic mass is 9.42. The summed E-state index contributed by atoms with van der Waals surface area (Å²) in [6, 6.07) is 0. The van der Waals surface area contributed by atoms with Crippen LogP contribution in [0.5, 0.6) is 0 Å². The molecular weight excluding hydrogens is 712 g/mol. The Balaban J connectivity index is 0.837. The lowest BCUT2D eigenvalue weighted by Crippen LogP contribution is -2.67. The third kappa shape index (κ3) is 6.97. The van der Waals surface area contributed by atoms with Gasteiger partial charge in [-0.25, -0.2) is 0 Å². The maximum Gasteiger partial charge on any atom is 0.161 e. The van der Waals surface area contributed by atoms with Gasteiger partial charge in [-0.1, -0.05) is 20.4 Å². The molecule has 55 heavy (non-hydrogen) atoms. The van der Waals surface area contributed by atoms with Crippen molar-refractivity contribution in [1.29, 1.82) is 0 Å². The molecule has 0 aromatic heterocycles. The summed E-state index contributed by atoms with van der Waals surface area (Å²) < 4.78 is 42.6. The van der Waals surface area contributed by atoms with Crippen molar-refractivity contribution in [2.24, 2.45) is 34.5 Å². The minimum Gasteiger partial charge on any atom is -0.490 e. The van der Waals surface area contributed by atoms with Gasteiger partial charge in [0.1, 0.15) is 30.7 Å². The zero-order valence-electron chi connectivity index (χ0n) is 33.2. The highest BCUT2D eigenvalue weighted by Gasteiger charge is 2.71. The first kappa shape index (κ1) is 40.6. The van der Waals surface area contributed by atoms with Crippen LogP contribution >= 0.6 is 0 Å². The molecule has 0 aromatic carbocycles. The van der Waals surface area contributed by atoms with Crippen LogP contribution in [0.1, 0.15) is 105 Å². The van der Waals surface area contributed by atoms with Crippen molar-refractivity contribution in [3.63, 3.8) is 0 Å². The first-order valence-electron chi connectivity index (χ1n) is 21.1. The largest absolute Gasteiger partial charge is 0.490 e. The van der Waals surface area contributed by atoms with E-state index in [0.29, 0.717) is 31.1 Å². The molecule has 312 valence electrons. The Morgan fingerprint density at radius 3 is 1.87 bits per heavy atom. The monoisotopic (exact) mass is 778 g/mol. The topological polar surface area (TPSA) is 186 Å². The Morgan fingerprint density at radius 1 is 0.691 bits per heavy atom. The van der Waals surface area contributed by atoms with Gasteiger partial charge in [0.25, 0.3) is 0 Å². The van der Waals surface area contributed by atoms with Gasteiger partial charge in [-0.15, -0.1) is 0 Å². The van der Waals surface area contributed by atoms with Crippen molar-refractivity contribution < 1.29 is 63.8 Å². The molecule has 8 aliphatic rings. The molecule has 8 rings (SSSR count). The lowest BCUT2D eigenvalue weighted by molar-refractivity contribution is -0.336. The van der Waals surface area contributed by atoms with Crippen molar-refractivity contribution in [2.75, 3.05) is 6.61 Å². The minimum absolute atomic E-state index is 0.0144. The van der Waals surface area contributed by atoms with Crippen molar-refractivity contribution in [1.82, 2.24) is 0 Å². The highest BCUT2D eigenvalue weighted by atomic mass is 16.7. The molecule has 21 atom stereocenters. The van der Waals surface area contributed by atoms with Gasteiger partial charge >= 0.3 is 0 Å². The number of allylic oxidation sites excluding steroid dienone is 1. The van der Waals surface area contributed by atoms with Crippen LogP contribution in [0.25, 0.3) is 0 Å². The number of hydrogen-bond acceptors (Lipinski definition) is 13. The van der Waals surface area contributed by atoms with E-state index in [-0.39, 0.29) is 48.5 Å². The van der Waals surface area contributed by atoms with Gasteiger partial charge in [0, 0.05) is 24.7 Å². The molecule has 4 saturated carbocycles. The summed E-state index contributed by atoms with van der Waals surface area (Å²) in [5, 5.41) is 67.0. The summed E-state index contributed by atoms with van der Waals surface area (Å²) in [5.41, 5.74) is -0.409. The molecule has 4 aliphatic heterocycles. The molecule has 3 saturated heterocycles. The molecule has 13 heteroatoms. The fourth-order valence-electron chi connectivity index (χ4n) is 12.8. The molecule has 4 aliphatic carbocycles. The molecule has 0 radical (unpaired) electrons. The summed E-state index contributed by atoms with van der Waals surface area (Å²) in [4.78, 5) is 0. The van der Waals surface area contributed by atoms with E-state index < -0.39 is 90.9 Å². The second kappa shape index (κ2) is 15.1. The van der Waals surface area contributed by atoms with Crippen LogP contribution in [-0.2, 0) is 33.2 Å². The third-order valence-electron chi connectivity index (χ3n) is 16.0. The second-order valence-corrected chi connectivity index (χ2v) is 19.0. The van der Waals surface area contributed by atoms with E-state index in [1.54, 1.807) is 13.8 Å². The van der Waals surface area contributed by atoms with Gasteiger partial charge in [-0.2, -0.15) is 0 Å². The van der Waals surface area contributed by atoms with Gasteiger partial charge < -0.3 is 63.8 Å². The van der Waals surface area contributed by atoms with E-state index in [1.165, 1.54) is 0 Å². The van der Waals surface area contributed by atoms with Crippen LogP contribution in [0, 0.1) is 34.5 Å². The number of ether oxygens (including phenoxy) is 7. The van der Waals surface area contributed by atoms with Crippen LogP contribution in [0.2, 0.25) is 0 Å². The summed E-state index contributed by atoms with van der Waals surface area (Å²) >= 11 is 0. The van der Waals surface area contributed by atoms with Crippen LogP contribution in [-0.4, -0.2) is 129 Å². The van der Waals surface area contributed by atoms with E-state index >= 15 is 0 Å². The molecular formula is C42H66O13. The summed E-state index contributed by atoms with van der Waals surface area (Å²) in [7, 11) is 0. The Morgan fingerprint density at radius 2 is 1.29 bits per heavy atom. The first-order chi connectivity index (χ1) is 26.0. The van der Waals surface area contributed by atoms with Crippen molar-refractivity contribution in [3.05, 3.63) is 24.0 Å². The lowest BCUT2D eigenvalue weighted by Gasteiger charge is -2.65. The fraction of sp³-hybridized carbons (Fsp3) is 0.905. The van der Waals surface area contributed by atoms with Gasteiger partial charge in [0.2, 0.25) is 0 Å². The zero-order valence-corrected chi connectivity index (χ0v) is 33.2. The summed E-state index contributed by atoms with van der Waals surface area (Å²) in [6.07, 6.45) is -0.384. The summed E-state index contributed by atoms with van der Waals surface area (Å²) in [6.45, 7) is 14.3. The molecule has 6 N–H and O–H groups in total. The highest BCUT2D eigenvalue weighted by Crippen LogP contribution is 2.70. The maximum absolute atomic E-state index is 12.6. The average molecular weight is 779 g/mol. The maximum atomic E-state index is 12.6.